The second-order valence-corrected chi connectivity index (χ2v) is 7.02. The molecule has 0 saturated carbocycles. The van der Waals surface area contributed by atoms with Gasteiger partial charge in [-0.25, -0.2) is 4.98 Å². The van der Waals surface area contributed by atoms with Crippen molar-refractivity contribution in [1.29, 1.82) is 0 Å². The number of hydrogen-bond acceptors (Lipinski definition) is 5. The summed E-state index contributed by atoms with van der Waals surface area (Å²) in [5, 5.41) is 11.8. The maximum absolute atomic E-state index is 12.9. The molecule has 8 nitrogen and oxygen atoms in total. The number of nitrogens with one attached hydrogen (secondary N) is 1. The summed E-state index contributed by atoms with van der Waals surface area (Å²) >= 11 is 6.23. The standard InChI is InChI=1S/C19H19ClN6O2/c1-10-16(20)11(2)26(23-10)9-13-12(3)28-24-17(13)18(27)22-19-21-14-7-5-6-8-15(14)25(19)4/h5-8H,9H2,1-4H3,(H,21,22,27). The highest BCUT2D eigenvalue weighted by Gasteiger charge is 2.23. The van der Waals surface area contributed by atoms with E-state index in [1.807, 2.05) is 49.7 Å². The van der Waals surface area contributed by atoms with E-state index in [4.69, 9.17) is 16.1 Å². The van der Waals surface area contributed by atoms with Gasteiger partial charge in [-0.2, -0.15) is 5.10 Å². The van der Waals surface area contributed by atoms with Crippen LogP contribution < -0.4 is 5.32 Å². The van der Waals surface area contributed by atoms with Gasteiger partial charge in [-0.05, 0) is 32.9 Å². The molecule has 28 heavy (non-hydrogen) atoms. The van der Waals surface area contributed by atoms with Gasteiger partial charge in [0.2, 0.25) is 5.95 Å². The number of hydrogen-bond donors (Lipinski definition) is 1. The van der Waals surface area contributed by atoms with Crippen LogP contribution in [0.5, 0.6) is 0 Å². The monoisotopic (exact) mass is 398 g/mol. The number of halogens is 1. The minimum absolute atomic E-state index is 0.202. The smallest absolute Gasteiger partial charge is 0.280 e. The van der Waals surface area contributed by atoms with E-state index in [9.17, 15) is 4.79 Å². The van der Waals surface area contributed by atoms with E-state index in [2.05, 4.69) is 20.6 Å². The Morgan fingerprint density at radius 3 is 2.68 bits per heavy atom. The van der Waals surface area contributed by atoms with E-state index in [0.717, 1.165) is 22.4 Å². The zero-order valence-corrected chi connectivity index (χ0v) is 16.7. The Morgan fingerprint density at radius 1 is 1.25 bits per heavy atom. The van der Waals surface area contributed by atoms with Crippen molar-refractivity contribution in [2.75, 3.05) is 5.32 Å². The molecule has 144 valence electrons. The van der Waals surface area contributed by atoms with E-state index in [-0.39, 0.29) is 5.69 Å². The summed E-state index contributed by atoms with van der Waals surface area (Å²) in [7, 11) is 1.85. The maximum atomic E-state index is 12.9. The van der Waals surface area contributed by atoms with Crippen LogP contribution >= 0.6 is 11.6 Å². The van der Waals surface area contributed by atoms with Gasteiger partial charge < -0.3 is 9.09 Å². The number of nitrogens with zero attached hydrogens (tertiary/aromatic N) is 5. The summed E-state index contributed by atoms with van der Waals surface area (Å²) in [6.45, 7) is 5.82. The molecule has 1 amide bonds. The Bertz CT molecular complexity index is 1200. The first kappa shape index (κ1) is 18.2. The predicted molar refractivity (Wildman–Crippen MR) is 106 cm³/mol. The molecular weight excluding hydrogens is 380 g/mol. The van der Waals surface area contributed by atoms with Gasteiger partial charge in [0.05, 0.1) is 34.0 Å². The van der Waals surface area contributed by atoms with Gasteiger partial charge in [0.1, 0.15) is 5.76 Å². The molecule has 0 radical (unpaired) electrons. The lowest BCUT2D eigenvalue weighted by molar-refractivity contribution is 0.101. The number of carbonyl (C=O) groups excluding carboxylic acids is 1. The molecule has 3 heterocycles. The quantitative estimate of drug-likeness (QED) is 0.566. The maximum Gasteiger partial charge on any atom is 0.280 e. The number of imidazole rings is 1. The van der Waals surface area contributed by atoms with Crippen LogP contribution in [-0.2, 0) is 13.6 Å². The Balaban J connectivity index is 1.65. The van der Waals surface area contributed by atoms with Crippen molar-refractivity contribution in [3.63, 3.8) is 0 Å². The van der Waals surface area contributed by atoms with Gasteiger partial charge in [-0.3, -0.25) is 14.8 Å². The highest BCUT2D eigenvalue weighted by Crippen LogP contribution is 2.23. The molecule has 4 rings (SSSR count). The van der Waals surface area contributed by atoms with Gasteiger partial charge in [0, 0.05) is 12.6 Å². The van der Waals surface area contributed by atoms with Gasteiger partial charge in [0.25, 0.3) is 5.91 Å². The van der Waals surface area contributed by atoms with Crippen molar-refractivity contribution in [2.24, 2.45) is 7.05 Å². The minimum atomic E-state index is -0.391. The Hall–Kier alpha value is -3.13. The molecule has 0 spiro atoms. The Kier molecular flexibility index (Phi) is 4.43. The van der Waals surface area contributed by atoms with Crippen LogP contribution in [0.4, 0.5) is 5.95 Å². The summed E-state index contributed by atoms with van der Waals surface area (Å²) in [6, 6.07) is 7.66. The lowest BCUT2D eigenvalue weighted by atomic mass is 10.2. The summed E-state index contributed by atoms with van der Waals surface area (Å²) in [6.07, 6.45) is 0. The average Bonchev–Trinajstić information content (AvgIpc) is 3.27. The highest BCUT2D eigenvalue weighted by atomic mass is 35.5. The lowest BCUT2D eigenvalue weighted by Gasteiger charge is -2.07. The number of aromatic nitrogens is 5. The summed E-state index contributed by atoms with van der Waals surface area (Å²) in [4.78, 5) is 17.3. The molecule has 4 aromatic rings. The molecule has 0 fully saturated rings. The van der Waals surface area contributed by atoms with Gasteiger partial charge in [-0.15, -0.1) is 0 Å². The Labute approximate surface area is 166 Å². The van der Waals surface area contributed by atoms with Crippen LogP contribution in [0, 0.1) is 20.8 Å². The number of rotatable bonds is 4. The molecule has 0 atom stereocenters. The summed E-state index contributed by atoms with van der Waals surface area (Å²) in [5.74, 6) is 0.601. The summed E-state index contributed by atoms with van der Waals surface area (Å²) in [5.41, 5.74) is 4.13. The summed E-state index contributed by atoms with van der Waals surface area (Å²) < 4.78 is 8.84. The third-order valence-electron chi connectivity index (χ3n) is 4.81. The fourth-order valence-corrected chi connectivity index (χ4v) is 3.29. The molecule has 0 unspecified atom stereocenters. The van der Waals surface area contributed by atoms with Crippen molar-refractivity contribution in [3.05, 3.63) is 57.7 Å². The van der Waals surface area contributed by atoms with Gasteiger partial charge >= 0.3 is 0 Å². The first-order valence-corrected chi connectivity index (χ1v) is 9.12. The first-order valence-electron chi connectivity index (χ1n) is 8.74. The second-order valence-electron chi connectivity index (χ2n) is 6.65. The van der Waals surface area contributed by atoms with E-state index in [1.165, 1.54) is 0 Å². The highest BCUT2D eigenvalue weighted by molar-refractivity contribution is 6.31. The zero-order valence-electron chi connectivity index (χ0n) is 15.9. The van der Waals surface area contributed by atoms with E-state index in [0.29, 0.717) is 28.8 Å². The molecule has 1 aromatic carbocycles. The van der Waals surface area contributed by atoms with Crippen LogP contribution in [0.15, 0.2) is 28.8 Å². The molecule has 0 saturated heterocycles. The van der Waals surface area contributed by atoms with Crippen LogP contribution in [-0.4, -0.2) is 30.4 Å². The fourth-order valence-electron chi connectivity index (χ4n) is 3.15. The van der Waals surface area contributed by atoms with Crippen LogP contribution in [0.1, 0.15) is 33.2 Å². The predicted octanol–water partition coefficient (Wildman–Crippen LogP) is 3.64. The number of para-hydroxylation sites is 2. The van der Waals surface area contributed by atoms with E-state index >= 15 is 0 Å². The molecule has 9 heteroatoms. The number of anilines is 1. The second kappa shape index (κ2) is 6.79. The molecule has 0 aliphatic heterocycles. The van der Waals surface area contributed by atoms with E-state index < -0.39 is 5.91 Å². The van der Waals surface area contributed by atoms with Crippen molar-refractivity contribution >= 4 is 34.5 Å². The third kappa shape index (κ3) is 2.95. The normalized spacial score (nSPS) is 11.3. The van der Waals surface area contributed by atoms with Crippen molar-refractivity contribution in [1.82, 2.24) is 24.5 Å². The average molecular weight is 399 g/mol. The number of aryl methyl sites for hydroxylation is 3. The minimum Gasteiger partial charge on any atom is -0.361 e. The first-order chi connectivity index (χ1) is 13.4. The molecule has 0 aliphatic carbocycles. The topological polar surface area (TPSA) is 90.8 Å². The van der Waals surface area contributed by atoms with Crippen molar-refractivity contribution in [3.8, 4) is 0 Å². The number of fused-ring (bicyclic) bond motifs is 1. The van der Waals surface area contributed by atoms with Crippen LogP contribution in [0.2, 0.25) is 5.02 Å². The van der Waals surface area contributed by atoms with E-state index in [1.54, 1.807) is 11.6 Å². The van der Waals surface area contributed by atoms with Crippen molar-refractivity contribution in [2.45, 2.75) is 27.3 Å². The van der Waals surface area contributed by atoms with Crippen molar-refractivity contribution < 1.29 is 9.32 Å². The zero-order chi connectivity index (χ0) is 20.0. The fraction of sp³-hybridized carbons (Fsp3) is 0.263. The number of carbonyl (C=O) groups is 1. The molecule has 3 aromatic heterocycles. The molecule has 0 aliphatic rings. The number of amides is 1. The molecule has 0 bridgehead atoms. The van der Waals surface area contributed by atoms with Crippen LogP contribution in [0.25, 0.3) is 11.0 Å². The van der Waals surface area contributed by atoms with Gasteiger partial charge in [-0.1, -0.05) is 28.9 Å². The van der Waals surface area contributed by atoms with Gasteiger partial charge in [0.15, 0.2) is 5.69 Å². The number of benzene rings is 1. The molecular formula is C19H19ClN6O2. The third-order valence-corrected chi connectivity index (χ3v) is 5.36. The van der Waals surface area contributed by atoms with Crippen LogP contribution in [0.3, 0.4) is 0 Å². The lowest BCUT2D eigenvalue weighted by Crippen LogP contribution is -2.18. The molecule has 1 N–H and O–H groups in total. The SMILES string of the molecule is Cc1nn(Cc2c(C(=O)Nc3nc4ccccc4n3C)noc2C)c(C)c1Cl. The largest absolute Gasteiger partial charge is 0.361 e. The Morgan fingerprint density at radius 2 is 2.00 bits per heavy atom.